The molecule has 1 atom stereocenters. The summed E-state index contributed by atoms with van der Waals surface area (Å²) in [6, 6.07) is 6.41. The number of ketones is 1. The van der Waals surface area contributed by atoms with E-state index in [9.17, 15) is 4.79 Å². The van der Waals surface area contributed by atoms with Crippen LogP contribution in [-0.4, -0.2) is 5.78 Å². The van der Waals surface area contributed by atoms with E-state index in [-0.39, 0.29) is 5.92 Å². The number of hydrogen-bond acceptors (Lipinski definition) is 3. The molecule has 1 nitrogen and oxygen atoms in total. The van der Waals surface area contributed by atoms with Crippen LogP contribution in [0.15, 0.2) is 29.0 Å². The minimum atomic E-state index is 0.193. The highest BCUT2D eigenvalue weighted by atomic mass is 32.1. The van der Waals surface area contributed by atoms with Crippen LogP contribution in [0, 0.1) is 0 Å². The van der Waals surface area contributed by atoms with Gasteiger partial charge in [0.1, 0.15) is 5.78 Å². The minimum absolute atomic E-state index is 0.193. The SMILES string of the molecule is O=C(CCCc1cccs1)C1CCCc2sccc21. The molecule has 0 amide bonds. The van der Waals surface area contributed by atoms with Crippen LogP contribution in [0.5, 0.6) is 0 Å². The number of aryl methyl sites for hydroxylation is 2. The van der Waals surface area contributed by atoms with Crippen LogP contribution in [0.4, 0.5) is 0 Å². The molecule has 0 aliphatic heterocycles. The van der Waals surface area contributed by atoms with Crippen LogP contribution in [-0.2, 0) is 17.6 Å². The fraction of sp³-hybridized carbons (Fsp3) is 0.438. The summed E-state index contributed by atoms with van der Waals surface area (Å²) in [5.74, 6) is 0.647. The zero-order valence-corrected chi connectivity index (χ0v) is 12.6. The standard InChI is InChI=1S/C16H18OS2/c17-15(7-1-4-12-5-3-10-18-12)13-6-2-8-16-14(13)9-11-19-16/h3,5,9-11,13H,1-2,4,6-8H2. The summed E-state index contributed by atoms with van der Waals surface area (Å²) in [5.41, 5.74) is 1.33. The predicted octanol–water partition coefficient (Wildman–Crippen LogP) is 4.82. The van der Waals surface area contributed by atoms with E-state index in [1.807, 2.05) is 11.3 Å². The molecule has 0 aromatic carbocycles. The Hall–Kier alpha value is -0.930. The first-order valence-electron chi connectivity index (χ1n) is 6.96. The van der Waals surface area contributed by atoms with Gasteiger partial charge >= 0.3 is 0 Å². The Bertz CT molecular complexity index is 539. The van der Waals surface area contributed by atoms with E-state index in [4.69, 9.17) is 0 Å². The molecule has 3 heteroatoms. The van der Waals surface area contributed by atoms with Gasteiger partial charge < -0.3 is 0 Å². The third-order valence-corrected chi connectivity index (χ3v) is 5.80. The van der Waals surface area contributed by atoms with Crippen molar-refractivity contribution in [3.63, 3.8) is 0 Å². The Kier molecular flexibility index (Phi) is 4.14. The van der Waals surface area contributed by atoms with Crippen molar-refractivity contribution in [3.8, 4) is 0 Å². The lowest BCUT2D eigenvalue weighted by Crippen LogP contribution is -2.17. The van der Waals surface area contributed by atoms with Gasteiger partial charge in [0.25, 0.3) is 0 Å². The Morgan fingerprint density at radius 3 is 3.05 bits per heavy atom. The van der Waals surface area contributed by atoms with E-state index >= 15 is 0 Å². The molecule has 3 rings (SSSR count). The van der Waals surface area contributed by atoms with Crippen molar-refractivity contribution in [1.82, 2.24) is 0 Å². The molecule has 0 N–H and O–H groups in total. The van der Waals surface area contributed by atoms with Crippen molar-refractivity contribution in [2.75, 3.05) is 0 Å². The average molecular weight is 290 g/mol. The average Bonchev–Trinajstić information content (AvgIpc) is 3.08. The summed E-state index contributed by atoms with van der Waals surface area (Å²) >= 11 is 3.61. The molecular weight excluding hydrogens is 272 g/mol. The van der Waals surface area contributed by atoms with Gasteiger partial charge in [-0.15, -0.1) is 22.7 Å². The minimum Gasteiger partial charge on any atom is -0.299 e. The van der Waals surface area contributed by atoms with Gasteiger partial charge in [-0.3, -0.25) is 4.79 Å². The number of Topliss-reactive ketones (excluding diaryl/α,β-unsaturated/α-hetero) is 1. The number of hydrogen-bond donors (Lipinski definition) is 0. The highest BCUT2D eigenvalue weighted by Crippen LogP contribution is 2.36. The maximum Gasteiger partial charge on any atom is 0.140 e. The fourth-order valence-corrected chi connectivity index (χ4v) is 4.63. The van der Waals surface area contributed by atoms with Crippen LogP contribution in [0.3, 0.4) is 0 Å². The number of rotatable bonds is 5. The first kappa shape index (κ1) is 13.1. The highest BCUT2D eigenvalue weighted by Gasteiger charge is 2.26. The summed E-state index contributed by atoms with van der Waals surface area (Å²) in [5, 5.41) is 4.25. The van der Waals surface area contributed by atoms with E-state index < -0.39 is 0 Å². The maximum absolute atomic E-state index is 12.4. The Labute approximate surface area is 122 Å². The second kappa shape index (κ2) is 6.02. The second-order valence-corrected chi connectivity index (χ2v) is 7.18. The largest absolute Gasteiger partial charge is 0.299 e. The number of carbonyl (C=O) groups excluding carboxylic acids is 1. The van der Waals surface area contributed by atoms with Crippen LogP contribution in [0.2, 0.25) is 0 Å². The fourth-order valence-electron chi connectivity index (χ4n) is 2.89. The summed E-state index contributed by atoms with van der Waals surface area (Å²) in [4.78, 5) is 15.2. The van der Waals surface area contributed by atoms with Crippen LogP contribution in [0.1, 0.15) is 46.9 Å². The number of fused-ring (bicyclic) bond motifs is 1. The van der Waals surface area contributed by atoms with Gasteiger partial charge in [-0.25, -0.2) is 0 Å². The summed E-state index contributed by atoms with van der Waals surface area (Å²) in [6.07, 6.45) is 6.18. The van der Waals surface area contributed by atoms with Crippen molar-refractivity contribution in [1.29, 1.82) is 0 Å². The smallest absolute Gasteiger partial charge is 0.140 e. The van der Waals surface area contributed by atoms with E-state index in [1.165, 1.54) is 28.2 Å². The Morgan fingerprint density at radius 2 is 2.21 bits per heavy atom. The molecule has 0 saturated carbocycles. The quantitative estimate of drug-likeness (QED) is 0.771. The molecule has 2 heterocycles. The normalized spacial score (nSPS) is 18.2. The molecule has 19 heavy (non-hydrogen) atoms. The lowest BCUT2D eigenvalue weighted by molar-refractivity contribution is -0.120. The zero-order valence-electron chi connectivity index (χ0n) is 10.9. The third kappa shape index (κ3) is 2.98. The van der Waals surface area contributed by atoms with Crippen LogP contribution < -0.4 is 0 Å². The van der Waals surface area contributed by atoms with Crippen molar-refractivity contribution in [2.24, 2.45) is 0 Å². The Morgan fingerprint density at radius 1 is 1.26 bits per heavy atom. The summed E-state index contributed by atoms with van der Waals surface area (Å²) in [7, 11) is 0. The van der Waals surface area contributed by atoms with Gasteiger partial charge in [0.2, 0.25) is 0 Å². The monoisotopic (exact) mass is 290 g/mol. The van der Waals surface area contributed by atoms with E-state index in [0.29, 0.717) is 5.78 Å². The number of thiophene rings is 2. The molecule has 2 aromatic heterocycles. The van der Waals surface area contributed by atoms with E-state index in [1.54, 1.807) is 11.3 Å². The van der Waals surface area contributed by atoms with E-state index in [0.717, 1.165) is 25.7 Å². The van der Waals surface area contributed by atoms with Gasteiger partial charge in [-0.2, -0.15) is 0 Å². The van der Waals surface area contributed by atoms with Crippen LogP contribution in [0.25, 0.3) is 0 Å². The zero-order chi connectivity index (χ0) is 13.1. The molecule has 1 aliphatic carbocycles. The molecule has 0 saturated heterocycles. The summed E-state index contributed by atoms with van der Waals surface area (Å²) in [6.45, 7) is 0. The molecule has 1 unspecified atom stereocenters. The number of carbonyl (C=O) groups is 1. The molecule has 0 spiro atoms. The lowest BCUT2D eigenvalue weighted by Gasteiger charge is -2.21. The molecular formula is C16H18OS2. The third-order valence-electron chi connectivity index (χ3n) is 3.87. The summed E-state index contributed by atoms with van der Waals surface area (Å²) < 4.78 is 0. The van der Waals surface area contributed by atoms with Gasteiger partial charge in [-0.1, -0.05) is 6.07 Å². The lowest BCUT2D eigenvalue weighted by atomic mass is 9.83. The van der Waals surface area contributed by atoms with E-state index in [2.05, 4.69) is 29.0 Å². The topological polar surface area (TPSA) is 17.1 Å². The molecule has 0 fully saturated rings. The first-order valence-corrected chi connectivity index (χ1v) is 8.72. The molecule has 1 aliphatic rings. The molecule has 0 bridgehead atoms. The van der Waals surface area contributed by atoms with Gasteiger partial charge in [-0.05, 0) is 60.6 Å². The molecule has 100 valence electrons. The van der Waals surface area contributed by atoms with Crippen molar-refractivity contribution in [2.45, 2.75) is 44.4 Å². The van der Waals surface area contributed by atoms with Gasteiger partial charge in [0, 0.05) is 22.1 Å². The maximum atomic E-state index is 12.4. The Balaban J connectivity index is 1.57. The van der Waals surface area contributed by atoms with Crippen molar-refractivity contribution < 1.29 is 4.79 Å². The van der Waals surface area contributed by atoms with Gasteiger partial charge in [0.05, 0.1) is 0 Å². The second-order valence-electron chi connectivity index (χ2n) is 5.14. The highest BCUT2D eigenvalue weighted by molar-refractivity contribution is 7.10. The first-order chi connectivity index (χ1) is 9.34. The molecule has 2 aromatic rings. The predicted molar refractivity (Wildman–Crippen MR) is 82.3 cm³/mol. The van der Waals surface area contributed by atoms with Crippen molar-refractivity contribution in [3.05, 3.63) is 44.3 Å². The molecule has 0 radical (unpaired) electrons. The van der Waals surface area contributed by atoms with Crippen LogP contribution >= 0.6 is 22.7 Å². The van der Waals surface area contributed by atoms with Crippen molar-refractivity contribution >= 4 is 28.5 Å². The van der Waals surface area contributed by atoms with Gasteiger partial charge in [0.15, 0.2) is 0 Å².